The number of ether oxygens (including phenoxy) is 1. The van der Waals surface area contributed by atoms with Crippen LogP contribution in [-0.2, 0) is 14.6 Å². The van der Waals surface area contributed by atoms with Crippen molar-refractivity contribution < 1.29 is 13.2 Å². The van der Waals surface area contributed by atoms with Crippen molar-refractivity contribution in [2.45, 2.75) is 38.8 Å². The van der Waals surface area contributed by atoms with Gasteiger partial charge in [0.05, 0.1) is 17.6 Å². The van der Waals surface area contributed by atoms with Crippen molar-refractivity contribution in [1.29, 1.82) is 0 Å². The van der Waals surface area contributed by atoms with Crippen molar-refractivity contribution in [3.8, 4) is 0 Å². The predicted octanol–water partition coefficient (Wildman–Crippen LogP) is 1.90. The molecule has 4 nitrogen and oxygen atoms in total. The summed E-state index contributed by atoms with van der Waals surface area (Å²) in [6.07, 6.45) is 1.63. The molecule has 1 heterocycles. The van der Waals surface area contributed by atoms with Gasteiger partial charge >= 0.3 is 0 Å². The molecule has 0 saturated carbocycles. The molecule has 0 aromatic heterocycles. The lowest BCUT2D eigenvalue weighted by Gasteiger charge is -2.16. The van der Waals surface area contributed by atoms with Crippen molar-refractivity contribution in [1.82, 2.24) is 0 Å². The molecular weight excluding hydrogens is 274 g/mol. The van der Waals surface area contributed by atoms with Crippen LogP contribution in [-0.4, -0.2) is 32.6 Å². The summed E-state index contributed by atoms with van der Waals surface area (Å²) in [5, 5.41) is 0. The first kappa shape index (κ1) is 15.5. The van der Waals surface area contributed by atoms with E-state index in [-0.39, 0.29) is 17.6 Å². The lowest BCUT2D eigenvalue weighted by molar-refractivity contribution is 0.127. The second-order valence-corrected chi connectivity index (χ2v) is 7.89. The van der Waals surface area contributed by atoms with E-state index in [1.54, 1.807) is 0 Å². The Morgan fingerprint density at radius 3 is 2.50 bits per heavy atom. The molecule has 0 amide bonds. The summed E-state index contributed by atoms with van der Waals surface area (Å²) in [6, 6.07) is 5.50. The summed E-state index contributed by atoms with van der Waals surface area (Å²) in [6.45, 7) is 4.65. The van der Waals surface area contributed by atoms with Crippen LogP contribution in [0.25, 0.3) is 0 Å². The van der Waals surface area contributed by atoms with E-state index in [2.05, 4.69) is 6.07 Å². The van der Waals surface area contributed by atoms with Crippen LogP contribution in [0.5, 0.6) is 0 Å². The highest BCUT2D eigenvalue weighted by Gasteiger charge is 2.25. The fourth-order valence-corrected chi connectivity index (χ4v) is 4.43. The fourth-order valence-electron chi connectivity index (χ4n) is 2.72. The number of nitrogens with two attached hydrogens (primary N) is 1. The van der Waals surface area contributed by atoms with Gasteiger partial charge in [-0.3, -0.25) is 0 Å². The molecule has 1 aliphatic rings. The Morgan fingerprint density at radius 1 is 1.30 bits per heavy atom. The van der Waals surface area contributed by atoms with Gasteiger partial charge in [-0.2, -0.15) is 0 Å². The van der Waals surface area contributed by atoms with Gasteiger partial charge in [-0.05, 0) is 32.3 Å². The van der Waals surface area contributed by atoms with Crippen LogP contribution in [0.4, 0.5) is 0 Å². The molecular formula is C15H23NO3S. The van der Waals surface area contributed by atoms with E-state index in [0.29, 0.717) is 6.61 Å². The van der Waals surface area contributed by atoms with Crippen LogP contribution in [0.2, 0.25) is 0 Å². The van der Waals surface area contributed by atoms with Gasteiger partial charge in [0.2, 0.25) is 0 Å². The highest BCUT2D eigenvalue weighted by molar-refractivity contribution is 7.91. The van der Waals surface area contributed by atoms with Gasteiger partial charge in [0.25, 0.3) is 0 Å². The first-order valence-corrected chi connectivity index (χ1v) is 8.84. The summed E-state index contributed by atoms with van der Waals surface area (Å²) in [7, 11) is -3.19. The number of hydrogen-bond donors (Lipinski definition) is 1. The van der Waals surface area contributed by atoms with E-state index in [1.165, 1.54) is 0 Å². The number of hydrogen-bond acceptors (Lipinski definition) is 4. The van der Waals surface area contributed by atoms with Crippen LogP contribution in [0.3, 0.4) is 0 Å². The minimum Gasteiger partial charge on any atom is -0.377 e. The molecule has 1 fully saturated rings. The van der Waals surface area contributed by atoms with Crippen LogP contribution in [0.1, 0.15) is 35.6 Å². The van der Waals surface area contributed by atoms with Crippen molar-refractivity contribution in [3.63, 3.8) is 0 Å². The van der Waals surface area contributed by atoms with Gasteiger partial charge in [-0.15, -0.1) is 0 Å². The van der Waals surface area contributed by atoms with Crippen LogP contribution in [0.15, 0.2) is 18.2 Å². The molecule has 20 heavy (non-hydrogen) atoms. The molecule has 1 aromatic carbocycles. The molecule has 0 bridgehead atoms. The third-order valence-electron chi connectivity index (χ3n) is 3.57. The summed E-state index contributed by atoms with van der Waals surface area (Å²) in [5.41, 5.74) is 9.17. The van der Waals surface area contributed by atoms with Gasteiger partial charge in [-0.25, -0.2) is 8.42 Å². The van der Waals surface area contributed by atoms with E-state index < -0.39 is 15.9 Å². The molecule has 112 valence electrons. The van der Waals surface area contributed by atoms with Gasteiger partial charge in [0.15, 0.2) is 9.84 Å². The lowest BCUT2D eigenvalue weighted by Crippen LogP contribution is -2.28. The molecule has 1 aromatic rings. The number of aryl methyl sites for hydroxylation is 2. The van der Waals surface area contributed by atoms with Crippen LogP contribution < -0.4 is 5.73 Å². The molecule has 2 rings (SSSR count). The summed E-state index contributed by atoms with van der Waals surface area (Å²) >= 11 is 0. The minimum absolute atomic E-state index is 0.0181. The molecule has 2 unspecified atom stereocenters. The molecule has 0 aliphatic carbocycles. The summed E-state index contributed by atoms with van der Waals surface area (Å²) in [4.78, 5) is 0. The highest BCUT2D eigenvalue weighted by Crippen LogP contribution is 2.19. The Hall–Kier alpha value is -0.910. The zero-order chi connectivity index (χ0) is 14.8. The Morgan fingerprint density at radius 2 is 1.95 bits per heavy atom. The number of sulfone groups is 1. The first-order chi connectivity index (χ1) is 9.35. The maximum Gasteiger partial charge on any atom is 0.154 e. The second-order valence-electron chi connectivity index (χ2n) is 5.74. The Bertz CT molecular complexity index is 542. The average Bonchev–Trinajstić information content (AvgIpc) is 2.78. The largest absolute Gasteiger partial charge is 0.377 e. The van der Waals surface area contributed by atoms with Gasteiger partial charge < -0.3 is 10.5 Å². The topological polar surface area (TPSA) is 69.4 Å². The predicted molar refractivity (Wildman–Crippen MR) is 80.5 cm³/mol. The monoisotopic (exact) mass is 297 g/mol. The minimum atomic E-state index is -3.19. The third-order valence-corrected chi connectivity index (χ3v) is 5.32. The van der Waals surface area contributed by atoms with E-state index in [9.17, 15) is 8.42 Å². The molecule has 5 heteroatoms. The lowest BCUT2D eigenvalue weighted by atomic mass is 10.0. The van der Waals surface area contributed by atoms with E-state index >= 15 is 0 Å². The van der Waals surface area contributed by atoms with Gasteiger partial charge in [-0.1, -0.05) is 29.3 Å². The summed E-state index contributed by atoms with van der Waals surface area (Å²) < 4.78 is 29.8. The number of rotatable bonds is 5. The fraction of sp³-hybridized carbons (Fsp3) is 0.600. The van der Waals surface area contributed by atoms with Crippen molar-refractivity contribution in [3.05, 3.63) is 34.9 Å². The Balaban J connectivity index is 2.03. The molecule has 2 atom stereocenters. The molecule has 0 spiro atoms. The third kappa shape index (κ3) is 4.30. The van der Waals surface area contributed by atoms with E-state index in [0.717, 1.165) is 29.5 Å². The first-order valence-electron chi connectivity index (χ1n) is 7.01. The normalized spacial score (nSPS) is 21.1. The van der Waals surface area contributed by atoms with Gasteiger partial charge in [0.1, 0.15) is 0 Å². The SMILES string of the molecule is Cc1cc(C)cc(C(N)CS(=O)(=O)CC2CCCO2)c1. The molecule has 1 aliphatic heterocycles. The molecule has 0 radical (unpaired) electrons. The molecule has 2 N–H and O–H groups in total. The van der Waals surface area contributed by atoms with Crippen molar-refractivity contribution in [2.24, 2.45) is 5.73 Å². The second kappa shape index (κ2) is 6.24. The zero-order valence-electron chi connectivity index (χ0n) is 12.1. The Labute approximate surface area is 121 Å². The van der Waals surface area contributed by atoms with E-state index in [4.69, 9.17) is 10.5 Å². The zero-order valence-corrected chi connectivity index (χ0v) is 12.9. The van der Waals surface area contributed by atoms with Crippen molar-refractivity contribution >= 4 is 9.84 Å². The van der Waals surface area contributed by atoms with Crippen LogP contribution >= 0.6 is 0 Å². The smallest absolute Gasteiger partial charge is 0.154 e. The standard InChI is InChI=1S/C15H23NO3S/c1-11-6-12(2)8-13(7-11)15(16)10-20(17,18)9-14-4-3-5-19-14/h6-8,14-15H,3-5,9-10,16H2,1-2H3. The van der Waals surface area contributed by atoms with Crippen LogP contribution in [0, 0.1) is 13.8 Å². The van der Waals surface area contributed by atoms with Gasteiger partial charge in [0, 0.05) is 12.6 Å². The quantitative estimate of drug-likeness (QED) is 0.901. The Kier molecular flexibility index (Phi) is 4.83. The number of benzene rings is 1. The summed E-state index contributed by atoms with van der Waals surface area (Å²) in [5.74, 6) is 0.0707. The molecule has 1 saturated heterocycles. The van der Waals surface area contributed by atoms with Crippen molar-refractivity contribution in [2.75, 3.05) is 18.1 Å². The maximum absolute atomic E-state index is 12.2. The maximum atomic E-state index is 12.2. The highest BCUT2D eigenvalue weighted by atomic mass is 32.2. The average molecular weight is 297 g/mol. The van der Waals surface area contributed by atoms with E-state index in [1.807, 2.05) is 26.0 Å².